The highest BCUT2D eigenvalue weighted by molar-refractivity contribution is 6.31. The summed E-state index contributed by atoms with van der Waals surface area (Å²) < 4.78 is 7.95. The van der Waals surface area contributed by atoms with Crippen LogP contribution in [0.5, 0.6) is 0 Å². The van der Waals surface area contributed by atoms with Crippen LogP contribution in [0.15, 0.2) is 47.3 Å². The van der Waals surface area contributed by atoms with Gasteiger partial charge in [0, 0.05) is 34.6 Å². The molecule has 4 aromatic rings. The molecule has 5 rings (SSSR count). The Morgan fingerprint density at radius 2 is 1.97 bits per heavy atom. The van der Waals surface area contributed by atoms with Gasteiger partial charge >= 0.3 is 0 Å². The quantitative estimate of drug-likeness (QED) is 0.545. The van der Waals surface area contributed by atoms with Crippen molar-refractivity contribution in [2.24, 2.45) is 0 Å². The van der Waals surface area contributed by atoms with E-state index in [1.54, 1.807) is 18.3 Å². The van der Waals surface area contributed by atoms with Gasteiger partial charge in [0.25, 0.3) is 0 Å². The van der Waals surface area contributed by atoms with Crippen LogP contribution in [0.4, 0.5) is 5.82 Å². The zero-order valence-electron chi connectivity index (χ0n) is 16.0. The molecule has 0 atom stereocenters. The van der Waals surface area contributed by atoms with Crippen LogP contribution in [0, 0.1) is 0 Å². The maximum absolute atomic E-state index is 6.12. The lowest BCUT2D eigenvalue weighted by molar-refractivity contribution is 0.212. The summed E-state index contributed by atoms with van der Waals surface area (Å²) in [6.07, 6.45) is 7.93. The molecule has 1 aliphatic heterocycles. The van der Waals surface area contributed by atoms with Crippen LogP contribution in [0.2, 0.25) is 5.02 Å². The van der Waals surface area contributed by atoms with Crippen molar-refractivity contribution in [2.45, 2.75) is 18.9 Å². The van der Waals surface area contributed by atoms with E-state index < -0.39 is 0 Å². The highest BCUT2D eigenvalue weighted by Crippen LogP contribution is 2.32. The van der Waals surface area contributed by atoms with Gasteiger partial charge in [0.1, 0.15) is 11.3 Å². The Balaban J connectivity index is 1.48. The average molecular weight is 409 g/mol. The molecule has 1 fully saturated rings. The van der Waals surface area contributed by atoms with E-state index in [1.165, 1.54) is 0 Å². The van der Waals surface area contributed by atoms with Gasteiger partial charge in [0.05, 0.1) is 17.8 Å². The zero-order valence-corrected chi connectivity index (χ0v) is 16.8. The second kappa shape index (κ2) is 7.17. The minimum atomic E-state index is 0.370. The average Bonchev–Trinajstić information content (AvgIpc) is 3.36. The summed E-state index contributed by atoms with van der Waals surface area (Å²) in [5, 5.41) is 5.19. The number of nitrogens with two attached hydrogens (primary N) is 1. The Morgan fingerprint density at radius 1 is 1.14 bits per heavy atom. The highest BCUT2D eigenvalue weighted by atomic mass is 35.5. The molecule has 0 unspecified atom stereocenters. The first-order valence-corrected chi connectivity index (χ1v) is 10.00. The molecule has 0 spiro atoms. The Hall–Kier alpha value is -2.90. The molecule has 4 heterocycles. The molecule has 2 N–H and O–H groups in total. The van der Waals surface area contributed by atoms with Crippen LogP contribution in [0.3, 0.4) is 0 Å². The molecule has 148 valence electrons. The van der Waals surface area contributed by atoms with Crippen LogP contribution in [0.1, 0.15) is 18.9 Å². The first-order valence-electron chi connectivity index (χ1n) is 9.62. The minimum absolute atomic E-state index is 0.370. The summed E-state index contributed by atoms with van der Waals surface area (Å²) in [6.45, 7) is 2.18. The van der Waals surface area contributed by atoms with E-state index in [9.17, 15) is 0 Å². The SMILES string of the molecule is CN1CCC(n2cc(-c3cnc(N)c(-c4nc5ccc(Cl)cc5o4)c3)cn2)CC1. The lowest BCUT2D eigenvalue weighted by atomic mass is 10.1. The zero-order chi connectivity index (χ0) is 20.0. The number of likely N-dealkylation sites (tertiary alicyclic amines) is 1. The molecular formula is C21H21ClN6O. The Bertz CT molecular complexity index is 1180. The number of aromatic nitrogens is 4. The van der Waals surface area contributed by atoms with Crippen LogP contribution in [0.25, 0.3) is 33.7 Å². The van der Waals surface area contributed by atoms with Crippen molar-refractivity contribution >= 4 is 28.5 Å². The van der Waals surface area contributed by atoms with E-state index >= 15 is 0 Å². The first-order chi connectivity index (χ1) is 14.1. The summed E-state index contributed by atoms with van der Waals surface area (Å²) in [5.74, 6) is 0.797. The van der Waals surface area contributed by atoms with Gasteiger partial charge in [-0.05, 0) is 51.2 Å². The molecule has 29 heavy (non-hydrogen) atoms. The number of anilines is 1. The summed E-state index contributed by atoms with van der Waals surface area (Å²) >= 11 is 6.05. The van der Waals surface area contributed by atoms with Crippen molar-refractivity contribution in [3.8, 4) is 22.6 Å². The number of fused-ring (bicyclic) bond motifs is 1. The van der Waals surface area contributed by atoms with Gasteiger partial charge in [-0.15, -0.1) is 0 Å². The third-order valence-electron chi connectivity index (χ3n) is 5.50. The molecule has 0 aliphatic carbocycles. The third-order valence-corrected chi connectivity index (χ3v) is 5.73. The third kappa shape index (κ3) is 3.47. The number of hydrogen-bond donors (Lipinski definition) is 1. The fourth-order valence-electron chi connectivity index (χ4n) is 3.76. The number of nitrogens with zero attached hydrogens (tertiary/aromatic N) is 5. The van der Waals surface area contributed by atoms with Gasteiger partial charge in [-0.2, -0.15) is 5.10 Å². The molecule has 1 aromatic carbocycles. The monoisotopic (exact) mass is 408 g/mol. The molecular weight excluding hydrogens is 388 g/mol. The van der Waals surface area contributed by atoms with Crippen molar-refractivity contribution < 1.29 is 4.42 Å². The van der Waals surface area contributed by atoms with Crippen molar-refractivity contribution in [3.63, 3.8) is 0 Å². The predicted octanol–water partition coefficient (Wildman–Crippen LogP) is 4.26. The van der Waals surface area contributed by atoms with Crippen molar-refractivity contribution in [1.29, 1.82) is 0 Å². The van der Waals surface area contributed by atoms with Crippen molar-refractivity contribution in [2.75, 3.05) is 25.9 Å². The van der Waals surface area contributed by atoms with E-state index in [0.717, 1.165) is 42.6 Å². The van der Waals surface area contributed by atoms with Crippen LogP contribution in [-0.4, -0.2) is 44.8 Å². The lowest BCUT2D eigenvalue weighted by Gasteiger charge is -2.28. The van der Waals surface area contributed by atoms with Gasteiger partial charge in [-0.1, -0.05) is 11.6 Å². The number of hydrogen-bond acceptors (Lipinski definition) is 6. The standard InChI is InChI=1S/C21H21ClN6O/c1-27-6-4-16(5-7-27)28-12-14(11-25-28)13-8-17(20(23)24-10-13)21-26-18-3-2-15(22)9-19(18)29-21/h2-3,8-12,16H,4-7H2,1H3,(H2,23,24). The fraction of sp³-hybridized carbons (Fsp3) is 0.286. The Labute approximate surface area is 173 Å². The van der Waals surface area contributed by atoms with Gasteiger partial charge in [-0.25, -0.2) is 9.97 Å². The normalized spacial score (nSPS) is 15.9. The second-order valence-electron chi connectivity index (χ2n) is 7.53. The number of piperidine rings is 1. The second-order valence-corrected chi connectivity index (χ2v) is 7.97. The molecule has 0 bridgehead atoms. The molecule has 1 saturated heterocycles. The van der Waals surface area contributed by atoms with Crippen LogP contribution >= 0.6 is 11.6 Å². The van der Waals surface area contributed by atoms with Crippen LogP contribution in [-0.2, 0) is 0 Å². The number of oxazole rings is 1. The van der Waals surface area contributed by atoms with Gasteiger partial charge < -0.3 is 15.1 Å². The van der Waals surface area contributed by atoms with E-state index in [0.29, 0.717) is 33.9 Å². The molecule has 0 amide bonds. The summed E-state index contributed by atoms with van der Waals surface area (Å²) in [7, 11) is 2.16. The number of pyridine rings is 1. The molecule has 1 aliphatic rings. The molecule has 3 aromatic heterocycles. The first kappa shape index (κ1) is 18.1. The summed E-state index contributed by atoms with van der Waals surface area (Å²) in [5.41, 5.74) is 10.0. The summed E-state index contributed by atoms with van der Waals surface area (Å²) in [4.78, 5) is 11.2. The number of halogens is 1. The lowest BCUT2D eigenvalue weighted by Crippen LogP contribution is -2.31. The Kier molecular flexibility index (Phi) is 4.49. The van der Waals surface area contributed by atoms with Crippen molar-refractivity contribution in [1.82, 2.24) is 24.6 Å². The smallest absolute Gasteiger partial charge is 0.231 e. The van der Waals surface area contributed by atoms with Crippen molar-refractivity contribution in [3.05, 3.63) is 47.9 Å². The van der Waals surface area contributed by atoms with E-state index in [2.05, 4.69) is 37.9 Å². The Morgan fingerprint density at radius 3 is 2.79 bits per heavy atom. The summed E-state index contributed by atoms with van der Waals surface area (Å²) in [6, 6.07) is 7.73. The predicted molar refractivity (Wildman–Crippen MR) is 114 cm³/mol. The molecule has 0 saturated carbocycles. The number of benzene rings is 1. The van der Waals surface area contributed by atoms with Gasteiger partial charge in [-0.3, -0.25) is 4.68 Å². The van der Waals surface area contributed by atoms with E-state index in [4.69, 9.17) is 21.8 Å². The largest absolute Gasteiger partial charge is 0.436 e. The number of nitrogen functional groups attached to an aromatic ring is 1. The maximum atomic E-state index is 6.12. The number of rotatable bonds is 3. The van der Waals surface area contributed by atoms with E-state index in [-0.39, 0.29) is 0 Å². The van der Waals surface area contributed by atoms with Gasteiger partial charge in [0.15, 0.2) is 5.58 Å². The minimum Gasteiger partial charge on any atom is -0.436 e. The van der Waals surface area contributed by atoms with E-state index in [1.807, 2.05) is 18.3 Å². The maximum Gasteiger partial charge on any atom is 0.231 e. The molecule has 8 heteroatoms. The topological polar surface area (TPSA) is 86.0 Å². The molecule has 0 radical (unpaired) electrons. The highest BCUT2D eigenvalue weighted by Gasteiger charge is 2.20. The van der Waals surface area contributed by atoms with Crippen LogP contribution < -0.4 is 5.73 Å². The van der Waals surface area contributed by atoms with Gasteiger partial charge in [0.2, 0.25) is 5.89 Å². The molecule has 7 nitrogen and oxygen atoms in total. The fourth-order valence-corrected chi connectivity index (χ4v) is 3.93.